The highest BCUT2D eigenvalue weighted by atomic mass is 16.7. The van der Waals surface area contributed by atoms with Crippen molar-refractivity contribution in [3.63, 3.8) is 0 Å². The van der Waals surface area contributed by atoms with Crippen molar-refractivity contribution in [1.29, 1.82) is 0 Å². The predicted octanol–water partition coefficient (Wildman–Crippen LogP) is 7.65. The van der Waals surface area contributed by atoms with Gasteiger partial charge in [-0.25, -0.2) is 4.79 Å². The average molecular weight is 548 g/mol. The molecule has 1 aromatic rings. The van der Waals surface area contributed by atoms with Crippen molar-refractivity contribution in [3.8, 4) is 0 Å². The molecule has 5 fully saturated rings. The molecule has 0 radical (unpaired) electrons. The van der Waals surface area contributed by atoms with Crippen molar-refractivity contribution in [3.05, 3.63) is 47.5 Å². The van der Waals surface area contributed by atoms with Crippen LogP contribution < -0.4 is 5.32 Å². The van der Waals surface area contributed by atoms with Crippen LogP contribution in [0, 0.1) is 46.3 Å². The maximum Gasteiger partial charge on any atom is 0.407 e. The molecular weight excluding hydrogens is 498 g/mol. The summed E-state index contributed by atoms with van der Waals surface area (Å²) in [4.78, 5) is 12.6. The van der Waals surface area contributed by atoms with E-state index < -0.39 is 0 Å². The van der Waals surface area contributed by atoms with Crippen molar-refractivity contribution in [2.24, 2.45) is 46.3 Å². The Labute approximate surface area is 240 Å². The second-order valence-corrected chi connectivity index (χ2v) is 14.9. The van der Waals surface area contributed by atoms with Crippen molar-refractivity contribution >= 4 is 6.09 Å². The zero-order chi connectivity index (χ0) is 27.7. The largest absolute Gasteiger partial charge is 0.446 e. The first-order chi connectivity index (χ1) is 19.2. The van der Waals surface area contributed by atoms with Gasteiger partial charge in [0.05, 0.1) is 12.7 Å². The van der Waals surface area contributed by atoms with Crippen LogP contribution in [0.25, 0.3) is 0 Å². The smallest absolute Gasteiger partial charge is 0.407 e. The summed E-state index contributed by atoms with van der Waals surface area (Å²) >= 11 is 0. The first-order valence-corrected chi connectivity index (χ1v) is 16.2. The number of carbonyl (C=O) groups is 1. The van der Waals surface area contributed by atoms with Crippen LogP contribution in [-0.4, -0.2) is 30.7 Å². The fourth-order valence-electron chi connectivity index (χ4n) is 10.7. The lowest BCUT2D eigenvalue weighted by Crippen LogP contribution is -2.52. The molecule has 218 valence electrons. The van der Waals surface area contributed by atoms with Crippen LogP contribution in [0.15, 0.2) is 42.0 Å². The molecule has 0 aromatic heterocycles. The van der Waals surface area contributed by atoms with Gasteiger partial charge in [0, 0.05) is 25.3 Å². The third-order valence-corrected chi connectivity index (χ3v) is 12.9. The number of allylic oxidation sites excluding steroid dienone is 1. The summed E-state index contributed by atoms with van der Waals surface area (Å²) < 4.78 is 19.4. The Balaban J connectivity index is 1.02. The normalized spacial score (nSPS) is 47.5. The second kappa shape index (κ2) is 9.87. The minimum absolute atomic E-state index is 0.0185. The monoisotopic (exact) mass is 547 g/mol. The molecule has 11 atom stereocenters. The van der Waals surface area contributed by atoms with Gasteiger partial charge in [-0.3, -0.25) is 0 Å². The molecule has 5 heteroatoms. The van der Waals surface area contributed by atoms with E-state index >= 15 is 0 Å². The Hall–Kier alpha value is -1.85. The van der Waals surface area contributed by atoms with E-state index in [0.29, 0.717) is 35.8 Å². The van der Waals surface area contributed by atoms with Gasteiger partial charge in [-0.1, -0.05) is 69.7 Å². The number of hydrogen-bond acceptors (Lipinski definition) is 4. The highest BCUT2D eigenvalue weighted by Crippen LogP contribution is 2.70. The number of alkyl carbamates (subject to hydrolysis) is 1. The van der Waals surface area contributed by atoms with Gasteiger partial charge in [0.2, 0.25) is 0 Å². The molecule has 6 aliphatic rings. The van der Waals surface area contributed by atoms with Crippen LogP contribution in [0.4, 0.5) is 4.79 Å². The van der Waals surface area contributed by atoms with E-state index in [9.17, 15) is 4.79 Å². The zero-order valence-corrected chi connectivity index (χ0v) is 25.0. The molecule has 4 aliphatic carbocycles. The summed E-state index contributed by atoms with van der Waals surface area (Å²) in [5.74, 6) is 3.61. The van der Waals surface area contributed by atoms with E-state index in [2.05, 4.69) is 39.1 Å². The van der Waals surface area contributed by atoms with E-state index in [1.54, 1.807) is 5.57 Å². The molecule has 2 heterocycles. The quantitative estimate of drug-likeness (QED) is 0.395. The van der Waals surface area contributed by atoms with Crippen molar-refractivity contribution in [2.45, 2.75) is 110 Å². The van der Waals surface area contributed by atoms with E-state index in [1.807, 2.05) is 30.3 Å². The topological polar surface area (TPSA) is 56.8 Å². The summed E-state index contributed by atoms with van der Waals surface area (Å²) in [6.07, 6.45) is 12.9. The third-order valence-electron chi connectivity index (χ3n) is 12.9. The first-order valence-electron chi connectivity index (χ1n) is 16.2. The van der Waals surface area contributed by atoms with Gasteiger partial charge < -0.3 is 19.5 Å². The molecule has 5 nitrogen and oxygen atoms in total. The molecule has 7 rings (SSSR count). The molecular formula is C35H49NO4. The number of benzene rings is 1. The van der Waals surface area contributed by atoms with Crippen LogP contribution in [0.3, 0.4) is 0 Å². The van der Waals surface area contributed by atoms with Crippen LogP contribution >= 0.6 is 0 Å². The molecule has 1 aromatic carbocycles. The summed E-state index contributed by atoms with van der Waals surface area (Å²) in [5.41, 5.74) is 3.22. The van der Waals surface area contributed by atoms with Crippen molar-refractivity contribution < 1.29 is 19.0 Å². The molecule has 1 amide bonds. The van der Waals surface area contributed by atoms with Crippen molar-refractivity contribution in [1.82, 2.24) is 5.32 Å². The third kappa shape index (κ3) is 4.20. The van der Waals surface area contributed by atoms with Crippen LogP contribution in [-0.2, 0) is 20.8 Å². The van der Waals surface area contributed by atoms with Gasteiger partial charge in [0.1, 0.15) is 6.10 Å². The van der Waals surface area contributed by atoms with E-state index in [-0.39, 0.29) is 23.4 Å². The molecule has 1 N–H and O–H groups in total. The Morgan fingerprint density at radius 2 is 1.88 bits per heavy atom. The number of rotatable bonds is 3. The minimum atomic E-state index is -0.329. The number of carbonyl (C=O) groups excluding carboxylic acids is 1. The molecule has 0 unspecified atom stereocenters. The summed E-state index contributed by atoms with van der Waals surface area (Å²) in [6, 6.07) is 10.0. The lowest BCUT2D eigenvalue weighted by atomic mass is 9.47. The minimum Gasteiger partial charge on any atom is -0.446 e. The summed E-state index contributed by atoms with van der Waals surface area (Å²) in [7, 11) is 0. The van der Waals surface area contributed by atoms with Gasteiger partial charge in [0.15, 0.2) is 5.79 Å². The summed E-state index contributed by atoms with van der Waals surface area (Å²) in [5, 5.41) is 2.95. The lowest BCUT2D eigenvalue weighted by molar-refractivity contribution is -0.272. The molecule has 2 saturated heterocycles. The molecule has 2 aliphatic heterocycles. The molecule has 3 saturated carbocycles. The standard InChI is InChI=1S/C35H49NO4/c1-22-12-17-35(38-21-22)23(2)31-30(40-35)19-29-27-11-10-25-18-26(39-32(37)36-20-24-8-6-5-7-9-24)13-15-33(25,3)28(27)14-16-34(29,31)4/h5-10,22-23,26-31H,11-21H2,1-4H3,(H,36,37)/t22-,23+,26+,27-,28+,29+,30+,31+,33+,34+,35-/m1/s1. The SMILES string of the molecule is C[C@@H]1CC[C@@]2(OC1)O[C@H]1C[C@H]3[C@@H]4CC=C5C[C@@H](OC(=O)NCc6ccccc6)CC[C@]5(C)[C@H]4CC[C@]3(C)[C@H]1[C@@H]2C. The van der Waals surface area contributed by atoms with Crippen LogP contribution in [0.5, 0.6) is 0 Å². The Kier molecular flexibility index (Phi) is 6.66. The summed E-state index contributed by atoms with van der Waals surface area (Å²) in [6.45, 7) is 11.2. The average Bonchev–Trinajstić information content (AvgIpc) is 3.40. The van der Waals surface area contributed by atoms with E-state index in [1.165, 1.54) is 32.1 Å². The first kappa shape index (κ1) is 27.0. The molecule has 1 spiro atoms. The Bertz CT molecular complexity index is 1140. The van der Waals surface area contributed by atoms with Crippen molar-refractivity contribution in [2.75, 3.05) is 6.61 Å². The Morgan fingerprint density at radius 3 is 2.65 bits per heavy atom. The van der Waals surface area contributed by atoms with Gasteiger partial charge in [-0.15, -0.1) is 0 Å². The fraction of sp³-hybridized carbons (Fsp3) is 0.743. The molecule has 0 bridgehead atoms. The number of hydrogen-bond donors (Lipinski definition) is 1. The predicted molar refractivity (Wildman–Crippen MR) is 155 cm³/mol. The van der Waals surface area contributed by atoms with Gasteiger partial charge in [-0.2, -0.15) is 0 Å². The highest BCUT2D eigenvalue weighted by Gasteiger charge is 2.68. The number of ether oxygens (including phenoxy) is 3. The zero-order valence-electron chi connectivity index (χ0n) is 25.0. The molecule has 40 heavy (non-hydrogen) atoms. The Morgan fingerprint density at radius 1 is 1.05 bits per heavy atom. The highest BCUT2D eigenvalue weighted by molar-refractivity contribution is 5.67. The fourth-order valence-corrected chi connectivity index (χ4v) is 10.7. The number of nitrogens with one attached hydrogen (secondary N) is 1. The maximum absolute atomic E-state index is 12.6. The lowest BCUT2D eigenvalue weighted by Gasteiger charge is -2.58. The maximum atomic E-state index is 12.6. The van der Waals surface area contributed by atoms with Crippen LogP contribution in [0.1, 0.15) is 91.0 Å². The van der Waals surface area contributed by atoms with Crippen LogP contribution in [0.2, 0.25) is 0 Å². The number of fused-ring (bicyclic) bond motifs is 7. The van der Waals surface area contributed by atoms with E-state index in [0.717, 1.165) is 55.6 Å². The van der Waals surface area contributed by atoms with Gasteiger partial charge in [-0.05, 0) is 90.9 Å². The number of amides is 1. The second-order valence-electron chi connectivity index (χ2n) is 14.9. The van der Waals surface area contributed by atoms with Gasteiger partial charge >= 0.3 is 6.09 Å². The van der Waals surface area contributed by atoms with E-state index in [4.69, 9.17) is 14.2 Å². The van der Waals surface area contributed by atoms with Gasteiger partial charge in [0.25, 0.3) is 0 Å².